The molecular formula is C12H10F4N2O. The van der Waals surface area contributed by atoms with E-state index in [0.29, 0.717) is 0 Å². The van der Waals surface area contributed by atoms with Crippen LogP contribution in [0.2, 0.25) is 0 Å². The number of imidazole rings is 1. The summed E-state index contributed by atoms with van der Waals surface area (Å²) in [5.74, 6) is -0.499. The number of nitrogens with zero attached hydrogens (tertiary/aromatic N) is 2. The van der Waals surface area contributed by atoms with Crippen LogP contribution in [0.5, 0.6) is 5.75 Å². The largest absolute Gasteiger partial charge is 0.497 e. The number of aryl methyl sites for hydroxylation is 1. The number of alkyl halides is 3. The summed E-state index contributed by atoms with van der Waals surface area (Å²) in [5, 5.41) is 0. The van der Waals surface area contributed by atoms with Crippen LogP contribution in [0.1, 0.15) is 5.69 Å². The lowest BCUT2D eigenvalue weighted by Gasteiger charge is -2.05. The highest BCUT2D eigenvalue weighted by Gasteiger charge is 2.34. The molecule has 0 aliphatic heterocycles. The van der Waals surface area contributed by atoms with Crippen LogP contribution >= 0.6 is 0 Å². The minimum Gasteiger partial charge on any atom is -0.497 e. The normalized spacial score (nSPS) is 11.7. The molecule has 19 heavy (non-hydrogen) atoms. The van der Waals surface area contributed by atoms with Gasteiger partial charge < -0.3 is 9.30 Å². The second kappa shape index (κ2) is 4.56. The molecule has 1 aromatic heterocycles. The van der Waals surface area contributed by atoms with Gasteiger partial charge in [-0.3, -0.25) is 0 Å². The van der Waals surface area contributed by atoms with Crippen LogP contribution in [0.25, 0.3) is 11.4 Å². The van der Waals surface area contributed by atoms with Gasteiger partial charge in [0.1, 0.15) is 17.4 Å². The molecule has 0 spiro atoms. The van der Waals surface area contributed by atoms with Crippen LogP contribution in [0.4, 0.5) is 17.6 Å². The van der Waals surface area contributed by atoms with Crippen molar-refractivity contribution in [1.82, 2.24) is 9.55 Å². The molecule has 0 atom stereocenters. The molecule has 0 unspecified atom stereocenters. The summed E-state index contributed by atoms with van der Waals surface area (Å²) in [6, 6.07) is 3.88. The van der Waals surface area contributed by atoms with E-state index in [4.69, 9.17) is 4.74 Å². The molecular weight excluding hydrogens is 264 g/mol. The summed E-state index contributed by atoms with van der Waals surface area (Å²) in [7, 11) is 2.75. The quantitative estimate of drug-likeness (QED) is 0.786. The molecule has 0 aliphatic rings. The average molecular weight is 274 g/mol. The third-order valence-corrected chi connectivity index (χ3v) is 2.58. The minimum atomic E-state index is -4.56. The predicted molar refractivity (Wildman–Crippen MR) is 60.2 cm³/mol. The number of aromatic nitrogens is 2. The molecule has 0 bridgehead atoms. The fourth-order valence-electron chi connectivity index (χ4n) is 1.66. The highest BCUT2D eigenvalue weighted by molar-refractivity contribution is 5.58. The maximum absolute atomic E-state index is 13.8. The van der Waals surface area contributed by atoms with Gasteiger partial charge in [0.05, 0.1) is 12.7 Å². The summed E-state index contributed by atoms with van der Waals surface area (Å²) in [6.07, 6.45) is -3.74. The van der Waals surface area contributed by atoms with E-state index in [0.717, 1.165) is 16.8 Å². The van der Waals surface area contributed by atoms with Crippen LogP contribution in [0.3, 0.4) is 0 Å². The molecule has 0 saturated carbocycles. The molecule has 0 N–H and O–H groups in total. The van der Waals surface area contributed by atoms with E-state index in [2.05, 4.69) is 4.98 Å². The Kier molecular flexibility index (Phi) is 3.21. The number of halogens is 4. The van der Waals surface area contributed by atoms with Gasteiger partial charge in [-0.15, -0.1) is 0 Å². The van der Waals surface area contributed by atoms with Crippen molar-refractivity contribution in [3.63, 3.8) is 0 Å². The lowest BCUT2D eigenvalue weighted by molar-refractivity contribution is -0.140. The van der Waals surface area contributed by atoms with Gasteiger partial charge in [-0.25, -0.2) is 9.37 Å². The number of hydrogen-bond donors (Lipinski definition) is 0. The van der Waals surface area contributed by atoms with Crippen molar-refractivity contribution in [2.24, 2.45) is 7.05 Å². The first-order valence-corrected chi connectivity index (χ1v) is 5.27. The monoisotopic (exact) mass is 274 g/mol. The first kappa shape index (κ1) is 13.4. The molecule has 0 radical (unpaired) electrons. The van der Waals surface area contributed by atoms with Crippen molar-refractivity contribution in [3.05, 3.63) is 35.9 Å². The fraction of sp³-hybridized carbons (Fsp3) is 0.250. The van der Waals surface area contributed by atoms with E-state index in [1.165, 1.54) is 26.3 Å². The van der Waals surface area contributed by atoms with Gasteiger partial charge in [-0.2, -0.15) is 13.2 Å². The van der Waals surface area contributed by atoms with Crippen LogP contribution in [-0.2, 0) is 13.2 Å². The zero-order valence-electron chi connectivity index (χ0n) is 10.1. The molecule has 1 heterocycles. The Labute approximate surface area is 106 Å². The first-order chi connectivity index (χ1) is 8.82. The molecule has 1 aromatic carbocycles. The highest BCUT2D eigenvalue weighted by atomic mass is 19.4. The minimum absolute atomic E-state index is 0.0150. The molecule has 102 valence electrons. The third kappa shape index (κ3) is 2.54. The molecule has 2 aromatic rings. The molecule has 2 rings (SSSR count). The van der Waals surface area contributed by atoms with Gasteiger partial charge in [0.25, 0.3) is 0 Å². The van der Waals surface area contributed by atoms with Crippen LogP contribution < -0.4 is 4.74 Å². The number of benzene rings is 1. The highest BCUT2D eigenvalue weighted by Crippen LogP contribution is 2.32. The maximum Gasteiger partial charge on any atom is 0.434 e. The molecule has 0 amide bonds. The van der Waals surface area contributed by atoms with E-state index >= 15 is 0 Å². The Morgan fingerprint density at radius 2 is 1.95 bits per heavy atom. The van der Waals surface area contributed by atoms with Crippen molar-refractivity contribution < 1.29 is 22.3 Å². The SMILES string of the molecule is COc1ccc(-c2nc(C(F)(F)F)cn2C)c(F)c1. The number of ether oxygens (including phenoxy) is 1. The Bertz CT molecular complexity index is 604. The summed E-state index contributed by atoms with van der Waals surface area (Å²) in [6.45, 7) is 0. The lowest BCUT2D eigenvalue weighted by atomic mass is 10.2. The average Bonchev–Trinajstić information content (AvgIpc) is 2.71. The Morgan fingerprint density at radius 3 is 2.42 bits per heavy atom. The number of rotatable bonds is 2. The molecule has 0 fully saturated rings. The topological polar surface area (TPSA) is 27.1 Å². The van der Waals surface area contributed by atoms with Crippen molar-refractivity contribution in [2.45, 2.75) is 6.18 Å². The summed E-state index contributed by atoms with van der Waals surface area (Å²) >= 11 is 0. The van der Waals surface area contributed by atoms with E-state index in [-0.39, 0.29) is 17.1 Å². The van der Waals surface area contributed by atoms with Gasteiger partial charge in [0, 0.05) is 19.3 Å². The van der Waals surface area contributed by atoms with E-state index in [9.17, 15) is 17.6 Å². The number of hydrogen-bond acceptors (Lipinski definition) is 2. The maximum atomic E-state index is 13.8. The lowest BCUT2D eigenvalue weighted by Crippen LogP contribution is -2.05. The molecule has 7 heteroatoms. The van der Waals surface area contributed by atoms with Crippen molar-refractivity contribution in [3.8, 4) is 17.1 Å². The smallest absolute Gasteiger partial charge is 0.434 e. The predicted octanol–water partition coefficient (Wildman–Crippen LogP) is 3.25. The van der Waals surface area contributed by atoms with Crippen LogP contribution in [-0.4, -0.2) is 16.7 Å². The van der Waals surface area contributed by atoms with Crippen molar-refractivity contribution >= 4 is 0 Å². The van der Waals surface area contributed by atoms with Gasteiger partial charge in [0.2, 0.25) is 0 Å². The van der Waals surface area contributed by atoms with Crippen LogP contribution in [0.15, 0.2) is 24.4 Å². The van der Waals surface area contributed by atoms with Crippen molar-refractivity contribution in [1.29, 1.82) is 0 Å². The van der Waals surface area contributed by atoms with Gasteiger partial charge in [0.15, 0.2) is 5.69 Å². The van der Waals surface area contributed by atoms with E-state index in [1.807, 2.05) is 0 Å². The van der Waals surface area contributed by atoms with Crippen molar-refractivity contribution in [2.75, 3.05) is 7.11 Å². The fourth-order valence-corrected chi connectivity index (χ4v) is 1.66. The van der Waals surface area contributed by atoms with E-state index < -0.39 is 17.7 Å². The third-order valence-electron chi connectivity index (χ3n) is 2.58. The van der Waals surface area contributed by atoms with Gasteiger partial charge in [-0.05, 0) is 12.1 Å². The molecule has 0 aliphatic carbocycles. The number of methoxy groups -OCH3 is 1. The molecule has 3 nitrogen and oxygen atoms in total. The standard InChI is InChI=1S/C12H10F4N2O/c1-18-6-10(12(14,15)16)17-11(18)8-4-3-7(19-2)5-9(8)13/h3-6H,1-2H3. The van der Waals surface area contributed by atoms with E-state index in [1.54, 1.807) is 0 Å². The first-order valence-electron chi connectivity index (χ1n) is 5.27. The van der Waals surface area contributed by atoms with Gasteiger partial charge in [-0.1, -0.05) is 0 Å². The van der Waals surface area contributed by atoms with Gasteiger partial charge >= 0.3 is 6.18 Å². The molecule has 0 saturated heterocycles. The second-order valence-corrected chi connectivity index (χ2v) is 3.90. The summed E-state index contributed by atoms with van der Waals surface area (Å²) in [5.41, 5.74) is -1.07. The zero-order chi connectivity index (χ0) is 14.2. The van der Waals surface area contributed by atoms with Crippen LogP contribution in [0, 0.1) is 5.82 Å². The second-order valence-electron chi connectivity index (χ2n) is 3.90. The Balaban J connectivity index is 2.51. The Morgan fingerprint density at radius 1 is 1.26 bits per heavy atom. The Hall–Kier alpha value is -2.05. The summed E-state index contributed by atoms with van der Waals surface area (Å²) in [4.78, 5) is 3.42. The summed E-state index contributed by atoms with van der Waals surface area (Å²) < 4.78 is 57.3. The zero-order valence-corrected chi connectivity index (χ0v) is 10.1.